The highest BCUT2D eigenvalue weighted by Crippen LogP contribution is 2.16. The molecule has 1 aromatic carbocycles. The van der Waals surface area contributed by atoms with Crippen LogP contribution in [0, 0.1) is 24.5 Å². The number of carbonyl (C=O) groups is 3. The first-order valence-electron chi connectivity index (χ1n) is 8.22. The molecule has 1 aromatic heterocycles. The van der Waals surface area contributed by atoms with Crippen LogP contribution >= 0.6 is 11.3 Å². The molecule has 0 unspecified atom stereocenters. The number of ether oxygens (including phenoxy) is 1. The molecule has 0 spiro atoms. The van der Waals surface area contributed by atoms with E-state index in [4.69, 9.17) is 4.74 Å². The monoisotopic (exact) mass is 395 g/mol. The summed E-state index contributed by atoms with van der Waals surface area (Å²) in [6.45, 7) is 4.63. The van der Waals surface area contributed by atoms with Crippen molar-refractivity contribution in [2.24, 2.45) is 5.92 Å². The first kappa shape index (κ1) is 20.7. The van der Waals surface area contributed by atoms with Crippen LogP contribution in [0.5, 0.6) is 0 Å². The number of halogens is 2. The maximum Gasteiger partial charge on any atom is 0.329 e. The summed E-state index contributed by atoms with van der Waals surface area (Å²) in [5, 5.41) is 2.28. The predicted molar refractivity (Wildman–Crippen MR) is 96.8 cm³/mol. The molecule has 0 fully saturated rings. The minimum atomic E-state index is -1.16. The van der Waals surface area contributed by atoms with Gasteiger partial charge in [-0.25, -0.2) is 13.6 Å². The molecule has 144 valence electrons. The third-order valence-corrected chi connectivity index (χ3v) is 4.80. The number of carbonyl (C=O) groups excluding carboxylic acids is 3. The van der Waals surface area contributed by atoms with E-state index in [-0.39, 0.29) is 5.78 Å². The zero-order valence-corrected chi connectivity index (χ0v) is 15.9. The van der Waals surface area contributed by atoms with Crippen molar-refractivity contribution in [3.05, 3.63) is 57.3 Å². The van der Waals surface area contributed by atoms with Gasteiger partial charge in [-0.05, 0) is 37.1 Å². The Bertz CT molecular complexity index is 843. The van der Waals surface area contributed by atoms with E-state index < -0.39 is 47.6 Å². The van der Waals surface area contributed by atoms with Crippen LogP contribution in [0.25, 0.3) is 0 Å². The Morgan fingerprint density at radius 3 is 2.26 bits per heavy atom. The topological polar surface area (TPSA) is 72.5 Å². The van der Waals surface area contributed by atoms with Crippen LogP contribution in [0.1, 0.15) is 38.8 Å². The molecule has 1 amide bonds. The van der Waals surface area contributed by atoms with Crippen LogP contribution < -0.4 is 5.32 Å². The number of nitrogens with one attached hydrogen (secondary N) is 1. The fourth-order valence-electron chi connectivity index (χ4n) is 2.31. The molecular formula is C19H19F2NO4S. The summed E-state index contributed by atoms with van der Waals surface area (Å²) >= 11 is 1.28. The van der Waals surface area contributed by atoms with Gasteiger partial charge in [0.2, 0.25) is 5.78 Å². The third kappa shape index (κ3) is 5.19. The molecule has 2 aromatic rings. The molecule has 0 aliphatic rings. The van der Waals surface area contributed by atoms with Gasteiger partial charge in [0, 0.05) is 4.88 Å². The molecule has 0 radical (unpaired) electrons. The van der Waals surface area contributed by atoms with Crippen LogP contribution in [0.2, 0.25) is 0 Å². The maximum atomic E-state index is 13.7. The number of hydrogen-bond acceptors (Lipinski definition) is 5. The highest BCUT2D eigenvalue weighted by Gasteiger charge is 2.29. The second-order valence-corrected chi connectivity index (χ2v) is 7.52. The molecule has 1 heterocycles. The second-order valence-electron chi connectivity index (χ2n) is 6.23. The zero-order chi connectivity index (χ0) is 20.1. The second kappa shape index (κ2) is 8.85. The highest BCUT2D eigenvalue weighted by atomic mass is 32.1. The van der Waals surface area contributed by atoms with E-state index >= 15 is 0 Å². The molecule has 0 saturated heterocycles. The molecule has 27 heavy (non-hydrogen) atoms. The SMILES string of the molecule is Cc1ccc(C(=O)COC(=O)[C@@H](NC(=O)c2c(F)cccc2F)C(C)C)s1. The number of hydrogen-bond donors (Lipinski definition) is 1. The number of ketones is 1. The van der Waals surface area contributed by atoms with Crippen LogP contribution in [0.3, 0.4) is 0 Å². The Kier molecular flexibility index (Phi) is 6.79. The van der Waals surface area contributed by atoms with Gasteiger partial charge in [-0.2, -0.15) is 0 Å². The Morgan fingerprint density at radius 1 is 1.11 bits per heavy atom. The summed E-state index contributed by atoms with van der Waals surface area (Å²) in [5.74, 6) is -4.78. The Labute approximate surface area is 159 Å². The van der Waals surface area contributed by atoms with E-state index in [1.807, 2.05) is 6.92 Å². The number of amides is 1. The standard InChI is InChI=1S/C19H19F2NO4S/c1-10(2)17(22-18(24)16-12(20)5-4-6-13(16)21)19(25)26-9-14(23)15-8-7-11(3)27-15/h4-8,10,17H,9H2,1-3H3,(H,22,24)/t17-/m0/s1. The van der Waals surface area contributed by atoms with Gasteiger partial charge in [-0.3, -0.25) is 9.59 Å². The summed E-state index contributed by atoms with van der Waals surface area (Å²) in [7, 11) is 0. The molecule has 5 nitrogen and oxygen atoms in total. The van der Waals surface area contributed by atoms with Crippen molar-refractivity contribution >= 4 is 29.0 Å². The number of benzene rings is 1. The van der Waals surface area contributed by atoms with Gasteiger partial charge < -0.3 is 10.1 Å². The van der Waals surface area contributed by atoms with Gasteiger partial charge in [0.15, 0.2) is 6.61 Å². The summed E-state index contributed by atoms with van der Waals surface area (Å²) in [6.07, 6.45) is 0. The van der Waals surface area contributed by atoms with E-state index in [0.717, 1.165) is 23.1 Å². The summed E-state index contributed by atoms with van der Waals surface area (Å²) in [6, 6.07) is 5.28. The molecule has 0 bridgehead atoms. The van der Waals surface area contributed by atoms with E-state index in [1.165, 1.54) is 11.3 Å². The van der Waals surface area contributed by atoms with Crippen LogP contribution in [-0.4, -0.2) is 30.3 Å². The van der Waals surface area contributed by atoms with Crippen molar-refractivity contribution in [3.63, 3.8) is 0 Å². The molecule has 2 rings (SSSR count). The molecule has 0 aliphatic heterocycles. The van der Waals surface area contributed by atoms with E-state index in [2.05, 4.69) is 5.32 Å². The average molecular weight is 395 g/mol. The van der Waals surface area contributed by atoms with Crippen molar-refractivity contribution in [1.29, 1.82) is 0 Å². The molecule has 0 saturated carbocycles. The lowest BCUT2D eigenvalue weighted by Crippen LogP contribution is -2.46. The highest BCUT2D eigenvalue weighted by molar-refractivity contribution is 7.14. The minimum absolute atomic E-state index is 0.365. The number of thiophene rings is 1. The van der Waals surface area contributed by atoms with Crippen LogP contribution in [0.4, 0.5) is 8.78 Å². The first-order chi connectivity index (χ1) is 12.7. The Hall–Kier alpha value is -2.61. The summed E-state index contributed by atoms with van der Waals surface area (Å²) in [4.78, 5) is 37.9. The van der Waals surface area contributed by atoms with Gasteiger partial charge in [-0.15, -0.1) is 11.3 Å². The van der Waals surface area contributed by atoms with Gasteiger partial charge in [0.25, 0.3) is 5.91 Å². The maximum absolute atomic E-state index is 13.7. The number of Topliss-reactive ketones (excluding diaryl/α,β-unsaturated/α-hetero) is 1. The lowest BCUT2D eigenvalue weighted by atomic mass is 10.0. The normalized spacial score (nSPS) is 11.9. The van der Waals surface area contributed by atoms with Gasteiger partial charge in [0.1, 0.15) is 23.2 Å². The molecule has 1 N–H and O–H groups in total. The van der Waals surface area contributed by atoms with Crippen molar-refractivity contribution in [2.45, 2.75) is 26.8 Å². The molecule has 8 heteroatoms. The number of esters is 1. The van der Waals surface area contributed by atoms with E-state index in [1.54, 1.807) is 26.0 Å². The number of rotatable bonds is 7. The van der Waals surface area contributed by atoms with Crippen LogP contribution in [0.15, 0.2) is 30.3 Å². The quantitative estimate of drug-likeness (QED) is 0.575. The van der Waals surface area contributed by atoms with E-state index in [0.29, 0.717) is 4.88 Å². The lowest BCUT2D eigenvalue weighted by molar-refractivity contribution is -0.145. The Morgan fingerprint density at radius 2 is 1.74 bits per heavy atom. The van der Waals surface area contributed by atoms with Crippen LogP contribution in [-0.2, 0) is 9.53 Å². The summed E-state index contributed by atoms with van der Waals surface area (Å²) in [5.41, 5.74) is -0.777. The minimum Gasteiger partial charge on any atom is -0.456 e. The van der Waals surface area contributed by atoms with Crippen molar-refractivity contribution < 1.29 is 27.9 Å². The predicted octanol–water partition coefficient (Wildman–Crippen LogP) is 3.52. The summed E-state index contributed by atoms with van der Waals surface area (Å²) < 4.78 is 32.5. The third-order valence-electron chi connectivity index (χ3n) is 3.76. The fourth-order valence-corrected chi connectivity index (χ4v) is 3.10. The van der Waals surface area contributed by atoms with Gasteiger partial charge >= 0.3 is 5.97 Å². The lowest BCUT2D eigenvalue weighted by Gasteiger charge is -2.21. The first-order valence-corrected chi connectivity index (χ1v) is 9.03. The molecule has 1 atom stereocenters. The van der Waals surface area contributed by atoms with Crippen molar-refractivity contribution in [2.75, 3.05) is 6.61 Å². The van der Waals surface area contributed by atoms with Crippen molar-refractivity contribution in [3.8, 4) is 0 Å². The van der Waals surface area contributed by atoms with Crippen molar-refractivity contribution in [1.82, 2.24) is 5.32 Å². The zero-order valence-electron chi connectivity index (χ0n) is 15.0. The Balaban J connectivity index is 2.04. The molecular weight excluding hydrogens is 376 g/mol. The van der Waals surface area contributed by atoms with Gasteiger partial charge in [-0.1, -0.05) is 19.9 Å². The molecule has 0 aliphatic carbocycles. The smallest absolute Gasteiger partial charge is 0.329 e. The number of aryl methyl sites for hydroxylation is 1. The van der Waals surface area contributed by atoms with E-state index in [9.17, 15) is 23.2 Å². The fraction of sp³-hybridized carbons (Fsp3) is 0.316. The largest absolute Gasteiger partial charge is 0.456 e. The average Bonchev–Trinajstić information content (AvgIpc) is 3.03. The van der Waals surface area contributed by atoms with Gasteiger partial charge in [0.05, 0.1) is 4.88 Å².